The van der Waals surface area contributed by atoms with Crippen LogP contribution in [-0.2, 0) is 4.79 Å². The number of carbonyl (C=O) groups is 1. The van der Waals surface area contributed by atoms with Crippen molar-refractivity contribution in [1.29, 1.82) is 0 Å². The van der Waals surface area contributed by atoms with Crippen LogP contribution in [-0.4, -0.2) is 22.2 Å². The van der Waals surface area contributed by atoms with Gasteiger partial charge in [-0.3, -0.25) is 10.1 Å². The van der Waals surface area contributed by atoms with E-state index in [4.69, 9.17) is 16.3 Å². The molecule has 1 heterocycles. The van der Waals surface area contributed by atoms with E-state index in [1.807, 2.05) is 13.0 Å². The fourth-order valence-corrected chi connectivity index (χ4v) is 3.65. The van der Waals surface area contributed by atoms with Crippen LogP contribution in [0.1, 0.15) is 37.1 Å². The molecule has 1 saturated carbocycles. The van der Waals surface area contributed by atoms with Crippen molar-refractivity contribution in [3.05, 3.63) is 32.7 Å². The summed E-state index contributed by atoms with van der Waals surface area (Å²) in [5.74, 6) is 0.760. The van der Waals surface area contributed by atoms with Gasteiger partial charge < -0.3 is 4.74 Å². The summed E-state index contributed by atoms with van der Waals surface area (Å²) in [5, 5.41) is 12.9. The Hall–Kier alpha value is -1.18. The summed E-state index contributed by atoms with van der Waals surface area (Å²) in [7, 11) is 0. The van der Waals surface area contributed by atoms with Crippen LogP contribution >= 0.6 is 38.9 Å². The highest BCUT2D eigenvalue weighted by atomic mass is 79.9. The van der Waals surface area contributed by atoms with Crippen molar-refractivity contribution in [2.45, 2.75) is 38.2 Å². The average Bonchev–Trinajstić information content (AvgIpc) is 3.27. The minimum Gasteiger partial charge on any atom is -0.479 e. The number of halogens is 2. The smallest absolute Gasteiger partial charge is 0.267 e. The number of nitrogens with zero attached hydrogens (tertiary/aromatic N) is 2. The number of carbonyl (C=O) groups excluding carboxylic acids is 1. The lowest BCUT2D eigenvalue weighted by atomic mass is 10.2. The van der Waals surface area contributed by atoms with Gasteiger partial charge in [0.1, 0.15) is 10.8 Å². The first kappa shape index (κ1) is 16.7. The second-order valence-corrected chi connectivity index (χ2v) is 7.63. The van der Waals surface area contributed by atoms with E-state index in [9.17, 15) is 4.79 Å². The number of amides is 1. The van der Waals surface area contributed by atoms with Crippen LogP contribution in [0.4, 0.5) is 5.13 Å². The summed E-state index contributed by atoms with van der Waals surface area (Å²) in [5.41, 5.74) is 0. The summed E-state index contributed by atoms with van der Waals surface area (Å²) in [6.45, 7) is 1.88. The zero-order valence-corrected chi connectivity index (χ0v) is 15.5. The zero-order valence-electron chi connectivity index (χ0n) is 12.4. The molecule has 3 rings (SSSR count). The maximum absolute atomic E-state index is 12.4. The normalized spacial score (nSPS) is 15.3. The van der Waals surface area contributed by atoms with Gasteiger partial charge in [-0.15, -0.1) is 10.2 Å². The van der Waals surface area contributed by atoms with E-state index in [1.54, 1.807) is 12.1 Å². The molecule has 0 saturated heterocycles. The molecule has 0 aliphatic heterocycles. The number of ether oxygens (including phenoxy) is 1. The van der Waals surface area contributed by atoms with Crippen LogP contribution < -0.4 is 10.1 Å². The Labute approximate surface area is 151 Å². The third-order valence-electron chi connectivity index (χ3n) is 3.42. The average molecular weight is 417 g/mol. The number of hydrogen-bond donors (Lipinski definition) is 1. The quantitative estimate of drug-likeness (QED) is 0.746. The lowest BCUT2D eigenvalue weighted by molar-refractivity contribution is -0.122. The van der Waals surface area contributed by atoms with Gasteiger partial charge in [-0.05, 0) is 37.5 Å². The first-order valence-corrected chi connectivity index (χ1v) is 9.31. The third kappa shape index (κ3) is 4.22. The second kappa shape index (κ2) is 7.15. The van der Waals surface area contributed by atoms with E-state index in [-0.39, 0.29) is 5.91 Å². The monoisotopic (exact) mass is 415 g/mol. The first-order chi connectivity index (χ1) is 11.1. The summed E-state index contributed by atoms with van der Waals surface area (Å²) < 4.78 is 6.60. The summed E-state index contributed by atoms with van der Waals surface area (Å²) >= 11 is 10.9. The molecule has 8 heteroatoms. The van der Waals surface area contributed by atoms with Gasteiger partial charge in [-0.25, -0.2) is 0 Å². The van der Waals surface area contributed by atoms with E-state index in [2.05, 4.69) is 31.4 Å². The molecular weight excluding hydrogens is 402 g/mol. The Morgan fingerprint density at radius 1 is 1.52 bits per heavy atom. The van der Waals surface area contributed by atoms with Crippen LogP contribution in [0.15, 0.2) is 22.7 Å². The Balaban J connectivity index is 1.65. The highest BCUT2D eigenvalue weighted by Gasteiger charge is 2.28. The van der Waals surface area contributed by atoms with Crippen molar-refractivity contribution in [3.63, 3.8) is 0 Å². The van der Waals surface area contributed by atoms with Crippen molar-refractivity contribution in [3.8, 4) is 5.75 Å². The van der Waals surface area contributed by atoms with Crippen LogP contribution in [0, 0.1) is 0 Å². The van der Waals surface area contributed by atoms with Gasteiger partial charge in [-0.2, -0.15) is 0 Å². The summed E-state index contributed by atoms with van der Waals surface area (Å²) in [6.07, 6.45) is 2.20. The van der Waals surface area contributed by atoms with Crippen molar-refractivity contribution in [1.82, 2.24) is 10.2 Å². The van der Waals surface area contributed by atoms with Gasteiger partial charge >= 0.3 is 0 Å². The van der Waals surface area contributed by atoms with Gasteiger partial charge in [0.2, 0.25) is 5.13 Å². The Morgan fingerprint density at radius 2 is 2.30 bits per heavy atom. The fraction of sp³-hybridized carbons (Fsp3) is 0.400. The third-order valence-corrected chi connectivity index (χ3v) is 5.21. The van der Waals surface area contributed by atoms with E-state index < -0.39 is 6.10 Å². The molecule has 0 bridgehead atoms. The minimum atomic E-state index is -0.637. The molecular formula is C15H15BrClN3O2S. The van der Waals surface area contributed by atoms with Gasteiger partial charge in [0.05, 0.1) is 5.02 Å². The van der Waals surface area contributed by atoms with Crippen LogP contribution in [0.25, 0.3) is 0 Å². The molecule has 0 unspecified atom stereocenters. The van der Waals surface area contributed by atoms with Gasteiger partial charge in [-0.1, -0.05) is 45.8 Å². The summed E-state index contributed by atoms with van der Waals surface area (Å²) in [4.78, 5) is 12.4. The Bertz CT molecular complexity index is 720. The molecule has 1 aliphatic carbocycles. The second-order valence-electron chi connectivity index (χ2n) is 5.30. The predicted octanol–water partition coefficient (Wildman–Crippen LogP) is 4.63. The molecule has 122 valence electrons. The van der Waals surface area contributed by atoms with Crippen LogP contribution in [0.3, 0.4) is 0 Å². The molecule has 23 heavy (non-hydrogen) atoms. The number of benzene rings is 1. The topological polar surface area (TPSA) is 64.1 Å². The molecule has 1 amide bonds. The molecule has 5 nitrogen and oxygen atoms in total. The standard InChI is InChI=1S/C15H15BrClN3O2S/c1-2-11(22-12-6-5-9(16)7-10(12)17)13(21)18-15-20-19-14(23-15)8-3-4-8/h5-8,11H,2-4H2,1H3,(H,18,20,21)/t11-/m1/s1. The van der Waals surface area contributed by atoms with Crippen molar-refractivity contribution < 1.29 is 9.53 Å². The zero-order chi connectivity index (χ0) is 16.4. The fourth-order valence-electron chi connectivity index (χ4n) is 2.01. The molecule has 1 fully saturated rings. The number of nitrogens with one attached hydrogen (secondary N) is 1. The van der Waals surface area contributed by atoms with Crippen LogP contribution in [0.2, 0.25) is 5.02 Å². The Morgan fingerprint density at radius 3 is 2.96 bits per heavy atom. The van der Waals surface area contributed by atoms with E-state index >= 15 is 0 Å². The maximum Gasteiger partial charge on any atom is 0.267 e. The largest absolute Gasteiger partial charge is 0.479 e. The van der Waals surface area contributed by atoms with Crippen molar-refractivity contribution >= 4 is 49.9 Å². The number of aromatic nitrogens is 2. The van der Waals surface area contributed by atoms with E-state index in [0.29, 0.717) is 28.2 Å². The highest BCUT2D eigenvalue weighted by molar-refractivity contribution is 9.10. The summed E-state index contributed by atoms with van der Waals surface area (Å²) in [6, 6.07) is 5.28. The first-order valence-electron chi connectivity index (χ1n) is 7.32. The molecule has 2 aromatic rings. The number of hydrogen-bond acceptors (Lipinski definition) is 5. The van der Waals surface area contributed by atoms with Crippen LogP contribution in [0.5, 0.6) is 5.75 Å². The van der Waals surface area contributed by atoms with Gasteiger partial charge in [0, 0.05) is 10.4 Å². The number of rotatable bonds is 6. The number of anilines is 1. The minimum absolute atomic E-state index is 0.245. The van der Waals surface area contributed by atoms with E-state index in [1.165, 1.54) is 11.3 Å². The van der Waals surface area contributed by atoms with E-state index in [0.717, 1.165) is 22.3 Å². The molecule has 0 spiro atoms. The van der Waals surface area contributed by atoms with Crippen molar-refractivity contribution in [2.75, 3.05) is 5.32 Å². The highest BCUT2D eigenvalue weighted by Crippen LogP contribution is 2.42. The molecule has 1 atom stereocenters. The van der Waals surface area contributed by atoms with Gasteiger partial charge in [0.25, 0.3) is 5.91 Å². The lowest BCUT2D eigenvalue weighted by Gasteiger charge is -2.17. The predicted molar refractivity (Wildman–Crippen MR) is 94.4 cm³/mol. The lowest BCUT2D eigenvalue weighted by Crippen LogP contribution is -2.32. The molecule has 1 aromatic carbocycles. The molecule has 1 aromatic heterocycles. The Kier molecular flexibility index (Phi) is 5.18. The SMILES string of the molecule is CC[C@@H](Oc1ccc(Br)cc1Cl)C(=O)Nc1nnc(C2CC2)s1. The maximum atomic E-state index is 12.4. The molecule has 0 radical (unpaired) electrons. The van der Waals surface area contributed by atoms with Crippen molar-refractivity contribution in [2.24, 2.45) is 0 Å². The molecule has 1 N–H and O–H groups in total. The van der Waals surface area contributed by atoms with Gasteiger partial charge in [0.15, 0.2) is 6.10 Å². The molecule has 1 aliphatic rings.